The molecule has 32 heavy (non-hydrogen) atoms. The van der Waals surface area contributed by atoms with Crippen LogP contribution in [-0.4, -0.2) is 20.7 Å². The number of aromatic nitrogens is 3. The molecule has 1 aliphatic rings. The van der Waals surface area contributed by atoms with Crippen molar-refractivity contribution in [3.8, 4) is 5.13 Å². The Morgan fingerprint density at radius 1 is 0.969 bits per heavy atom. The summed E-state index contributed by atoms with van der Waals surface area (Å²) in [6.45, 7) is 1.92. The van der Waals surface area contributed by atoms with Crippen LogP contribution in [0.4, 0.5) is 5.82 Å². The Kier molecular flexibility index (Phi) is 4.54. The molecule has 5 aromatic rings. The van der Waals surface area contributed by atoms with Gasteiger partial charge in [0.15, 0.2) is 0 Å². The van der Waals surface area contributed by atoms with Gasteiger partial charge in [0.1, 0.15) is 5.82 Å². The number of nitrogens with one attached hydrogen (secondary N) is 1. The fourth-order valence-corrected chi connectivity index (χ4v) is 5.46. The van der Waals surface area contributed by atoms with Crippen molar-refractivity contribution < 1.29 is 4.79 Å². The number of hydrogen-bond donors (Lipinski definition) is 1. The van der Waals surface area contributed by atoms with E-state index in [-0.39, 0.29) is 5.91 Å². The number of carbonyl (C=O) groups is 1. The third kappa shape index (κ3) is 3.37. The van der Waals surface area contributed by atoms with Crippen LogP contribution in [-0.2, 0) is 12.8 Å². The van der Waals surface area contributed by atoms with Crippen LogP contribution < -0.4 is 5.32 Å². The van der Waals surface area contributed by atoms with Gasteiger partial charge in [0.05, 0.1) is 15.9 Å². The molecular weight excluding hydrogens is 416 g/mol. The first-order valence-corrected chi connectivity index (χ1v) is 11.8. The summed E-state index contributed by atoms with van der Waals surface area (Å²) in [4.78, 5) is 17.9. The third-order valence-electron chi connectivity index (χ3n) is 6.11. The van der Waals surface area contributed by atoms with Crippen LogP contribution in [0.25, 0.3) is 26.1 Å². The van der Waals surface area contributed by atoms with Gasteiger partial charge in [-0.3, -0.25) is 4.79 Å². The molecule has 1 N–H and O–H groups in total. The van der Waals surface area contributed by atoms with E-state index in [2.05, 4.69) is 22.5 Å². The Hall–Kier alpha value is -3.51. The highest BCUT2D eigenvalue weighted by Gasteiger charge is 2.18. The highest BCUT2D eigenvalue weighted by atomic mass is 32.1. The standard InChI is InChI=1S/C26H22N4OS/c1-16-12-24(28-25(31)21-11-10-17-6-2-3-7-18(17)13-21)30(29-16)26-27-22-14-19-8-4-5-9-20(19)15-23(22)32-26/h2-3,6-7,10-15H,4-5,8-9H2,1H3,(H,28,31). The van der Waals surface area contributed by atoms with Crippen LogP contribution in [0.1, 0.15) is 40.0 Å². The minimum atomic E-state index is -0.159. The summed E-state index contributed by atoms with van der Waals surface area (Å²) >= 11 is 1.61. The van der Waals surface area contributed by atoms with Crippen molar-refractivity contribution in [2.24, 2.45) is 0 Å². The number of aryl methyl sites for hydroxylation is 3. The molecule has 6 heteroatoms. The van der Waals surface area contributed by atoms with Gasteiger partial charge in [0.2, 0.25) is 5.13 Å². The lowest BCUT2D eigenvalue weighted by molar-refractivity contribution is 0.102. The quantitative estimate of drug-likeness (QED) is 0.372. The molecule has 3 aromatic carbocycles. The van der Waals surface area contributed by atoms with Crippen molar-refractivity contribution in [1.82, 2.24) is 14.8 Å². The van der Waals surface area contributed by atoms with Gasteiger partial charge in [-0.15, -0.1) is 0 Å². The topological polar surface area (TPSA) is 59.8 Å². The lowest BCUT2D eigenvalue weighted by Crippen LogP contribution is -2.15. The maximum absolute atomic E-state index is 13.0. The number of amides is 1. The number of nitrogens with zero attached hydrogens (tertiary/aromatic N) is 3. The smallest absolute Gasteiger partial charge is 0.256 e. The minimum Gasteiger partial charge on any atom is -0.306 e. The number of hydrogen-bond acceptors (Lipinski definition) is 4. The van der Waals surface area contributed by atoms with E-state index in [1.54, 1.807) is 16.0 Å². The minimum absolute atomic E-state index is 0.159. The molecule has 0 bridgehead atoms. The Morgan fingerprint density at radius 2 is 1.75 bits per heavy atom. The van der Waals surface area contributed by atoms with E-state index < -0.39 is 0 Å². The van der Waals surface area contributed by atoms with Crippen molar-refractivity contribution in [3.05, 3.63) is 83.0 Å². The first-order chi connectivity index (χ1) is 15.6. The average Bonchev–Trinajstić information content (AvgIpc) is 3.39. The molecule has 0 spiro atoms. The second-order valence-corrected chi connectivity index (χ2v) is 9.40. The molecule has 0 saturated heterocycles. The van der Waals surface area contributed by atoms with Crippen molar-refractivity contribution in [1.29, 1.82) is 0 Å². The molecule has 0 radical (unpaired) electrons. The number of thiazole rings is 1. The molecule has 1 amide bonds. The zero-order chi connectivity index (χ0) is 21.7. The van der Waals surface area contributed by atoms with E-state index in [1.807, 2.05) is 55.5 Å². The molecular formula is C26H22N4OS. The van der Waals surface area contributed by atoms with Crippen molar-refractivity contribution in [2.45, 2.75) is 32.6 Å². The lowest BCUT2D eigenvalue weighted by Gasteiger charge is -2.14. The molecule has 0 fully saturated rings. The van der Waals surface area contributed by atoms with Gasteiger partial charge in [-0.2, -0.15) is 9.78 Å². The summed E-state index contributed by atoms with van der Waals surface area (Å²) in [5.74, 6) is 0.470. The molecule has 5 nitrogen and oxygen atoms in total. The van der Waals surface area contributed by atoms with Gasteiger partial charge in [-0.05, 0) is 78.8 Å². The molecule has 158 valence electrons. The van der Waals surface area contributed by atoms with Crippen LogP contribution in [0.15, 0.2) is 60.7 Å². The van der Waals surface area contributed by atoms with Crippen molar-refractivity contribution >= 4 is 44.1 Å². The predicted molar refractivity (Wildman–Crippen MR) is 130 cm³/mol. The number of fused-ring (bicyclic) bond motifs is 3. The summed E-state index contributed by atoms with van der Waals surface area (Å²) in [7, 11) is 0. The third-order valence-corrected chi connectivity index (χ3v) is 7.10. The summed E-state index contributed by atoms with van der Waals surface area (Å²) in [6.07, 6.45) is 4.78. The van der Waals surface area contributed by atoms with Crippen LogP contribution in [0, 0.1) is 6.92 Å². The van der Waals surface area contributed by atoms with E-state index >= 15 is 0 Å². The number of anilines is 1. The Morgan fingerprint density at radius 3 is 2.59 bits per heavy atom. The summed E-state index contributed by atoms with van der Waals surface area (Å²) in [5, 5.41) is 10.6. The van der Waals surface area contributed by atoms with Gasteiger partial charge < -0.3 is 5.32 Å². The van der Waals surface area contributed by atoms with E-state index in [0.717, 1.165) is 40.0 Å². The van der Waals surface area contributed by atoms with Gasteiger partial charge in [0, 0.05) is 11.6 Å². The Labute approximate surface area is 189 Å². The zero-order valence-electron chi connectivity index (χ0n) is 17.8. The van der Waals surface area contributed by atoms with Crippen LogP contribution in [0.3, 0.4) is 0 Å². The second-order valence-electron chi connectivity index (χ2n) is 8.39. The highest BCUT2D eigenvalue weighted by Crippen LogP contribution is 2.32. The number of benzene rings is 3. The molecule has 0 unspecified atom stereocenters. The highest BCUT2D eigenvalue weighted by molar-refractivity contribution is 7.20. The number of rotatable bonds is 3. The van der Waals surface area contributed by atoms with Gasteiger partial charge in [0.25, 0.3) is 5.91 Å². The SMILES string of the molecule is Cc1cc(NC(=O)c2ccc3ccccc3c2)n(-c2nc3cc4c(cc3s2)CCCC4)n1. The van der Waals surface area contributed by atoms with E-state index in [4.69, 9.17) is 4.98 Å². The lowest BCUT2D eigenvalue weighted by atomic mass is 9.92. The monoisotopic (exact) mass is 438 g/mol. The normalized spacial score (nSPS) is 13.4. The zero-order valence-corrected chi connectivity index (χ0v) is 18.6. The molecule has 6 rings (SSSR count). The number of carbonyl (C=O) groups excluding carboxylic acids is 1. The Balaban J connectivity index is 1.35. The van der Waals surface area contributed by atoms with E-state index in [9.17, 15) is 4.79 Å². The second kappa shape index (κ2) is 7.57. The first kappa shape index (κ1) is 19.2. The molecule has 0 aliphatic heterocycles. The van der Waals surface area contributed by atoms with Crippen LogP contribution >= 0.6 is 11.3 Å². The summed E-state index contributed by atoms with van der Waals surface area (Å²) in [5.41, 5.74) is 5.32. The van der Waals surface area contributed by atoms with Gasteiger partial charge in [-0.25, -0.2) is 4.98 Å². The van der Waals surface area contributed by atoms with Gasteiger partial charge in [-0.1, -0.05) is 41.7 Å². The maximum Gasteiger partial charge on any atom is 0.256 e. The van der Waals surface area contributed by atoms with E-state index in [0.29, 0.717) is 11.4 Å². The van der Waals surface area contributed by atoms with Gasteiger partial charge >= 0.3 is 0 Å². The van der Waals surface area contributed by atoms with E-state index in [1.165, 1.54) is 28.7 Å². The first-order valence-electron chi connectivity index (χ1n) is 10.9. The molecule has 0 saturated carbocycles. The fourth-order valence-electron chi connectivity index (χ4n) is 4.49. The fraction of sp³-hybridized carbons (Fsp3) is 0.192. The molecule has 2 aromatic heterocycles. The van der Waals surface area contributed by atoms with Crippen molar-refractivity contribution in [3.63, 3.8) is 0 Å². The Bertz CT molecular complexity index is 1450. The maximum atomic E-state index is 13.0. The molecule has 2 heterocycles. The average molecular weight is 439 g/mol. The largest absolute Gasteiger partial charge is 0.306 e. The van der Waals surface area contributed by atoms with Crippen LogP contribution in [0.2, 0.25) is 0 Å². The molecule has 0 atom stereocenters. The summed E-state index contributed by atoms with van der Waals surface area (Å²) < 4.78 is 2.92. The summed E-state index contributed by atoms with van der Waals surface area (Å²) in [6, 6.07) is 20.2. The predicted octanol–water partition coefficient (Wildman–Crippen LogP) is 6.07. The molecule has 1 aliphatic carbocycles. The van der Waals surface area contributed by atoms with Crippen LogP contribution in [0.5, 0.6) is 0 Å². The van der Waals surface area contributed by atoms with Crippen molar-refractivity contribution in [2.75, 3.05) is 5.32 Å².